The first-order chi connectivity index (χ1) is 10.8. The van der Waals surface area contributed by atoms with Gasteiger partial charge in [-0.2, -0.15) is 0 Å². The molecule has 0 bridgehead atoms. The summed E-state index contributed by atoms with van der Waals surface area (Å²) >= 11 is 0. The number of hydrogen-bond donors (Lipinski definition) is 1. The summed E-state index contributed by atoms with van der Waals surface area (Å²) in [6.45, 7) is 10.3. The van der Waals surface area contributed by atoms with E-state index < -0.39 is 11.8 Å². The molecule has 5 heteroatoms. The molecule has 2 rings (SSSR count). The van der Waals surface area contributed by atoms with E-state index in [1.165, 1.54) is 6.42 Å². The van der Waals surface area contributed by atoms with Gasteiger partial charge < -0.3 is 10.1 Å². The third kappa shape index (κ3) is 3.70. The molecule has 5 nitrogen and oxygen atoms in total. The van der Waals surface area contributed by atoms with Gasteiger partial charge in [0.25, 0.3) is 0 Å². The van der Waals surface area contributed by atoms with Crippen LogP contribution >= 0.6 is 0 Å². The van der Waals surface area contributed by atoms with Crippen LogP contribution in [0.1, 0.15) is 66.7 Å². The number of ether oxygens (including phenoxy) is 1. The van der Waals surface area contributed by atoms with Gasteiger partial charge in [-0.25, -0.2) is 0 Å². The number of amides is 2. The molecule has 4 atom stereocenters. The first-order valence-corrected chi connectivity index (χ1v) is 9.08. The van der Waals surface area contributed by atoms with Gasteiger partial charge in [0.05, 0.1) is 6.61 Å². The average molecular weight is 324 g/mol. The molecular formula is C18H32N2O3. The smallest absolute Gasteiger partial charge is 0.245 e. The van der Waals surface area contributed by atoms with E-state index in [9.17, 15) is 9.59 Å². The van der Waals surface area contributed by atoms with Crippen LogP contribution in [-0.4, -0.2) is 41.1 Å². The van der Waals surface area contributed by atoms with Crippen LogP contribution in [-0.2, 0) is 14.3 Å². The Morgan fingerprint density at radius 2 is 2.04 bits per heavy atom. The number of nitrogens with zero attached hydrogens (tertiary/aromatic N) is 1. The summed E-state index contributed by atoms with van der Waals surface area (Å²) in [6, 6.07) is -0.385. The molecule has 1 aliphatic heterocycles. The molecule has 1 heterocycles. The van der Waals surface area contributed by atoms with Crippen molar-refractivity contribution in [3.05, 3.63) is 0 Å². The summed E-state index contributed by atoms with van der Waals surface area (Å²) in [5.41, 5.74) is -0.573. The lowest BCUT2D eigenvalue weighted by atomic mass is 9.82. The van der Waals surface area contributed by atoms with E-state index in [0.29, 0.717) is 12.5 Å². The second kappa shape index (κ2) is 7.20. The maximum Gasteiger partial charge on any atom is 0.245 e. The maximum atomic E-state index is 12.9. The Morgan fingerprint density at radius 3 is 2.61 bits per heavy atom. The van der Waals surface area contributed by atoms with Crippen molar-refractivity contribution in [3.63, 3.8) is 0 Å². The number of rotatable bonds is 4. The van der Waals surface area contributed by atoms with E-state index in [2.05, 4.69) is 12.2 Å². The Balaban J connectivity index is 2.25. The van der Waals surface area contributed by atoms with Crippen LogP contribution in [0, 0.1) is 11.8 Å². The standard InChI is InChI=1S/C18H32N2O3/c1-6-14(5)19-16(21)15-11-23-18(9-7-8-13(4)10-18)20(15)17(22)12(2)3/h12-15H,6-11H2,1-5H3,(H,19,21)/t13-,14+,15+,18-/m0/s1. The van der Waals surface area contributed by atoms with E-state index in [1.807, 2.05) is 27.7 Å². The fourth-order valence-corrected chi connectivity index (χ4v) is 3.75. The largest absolute Gasteiger partial charge is 0.353 e. The van der Waals surface area contributed by atoms with Gasteiger partial charge in [0.15, 0.2) is 0 Å². The minimum atomic E-state index is -0.573. The number of carbonyl (C=O) groups is 2. The van der Waals surface area contributed by atoms with Gasteiger partial charge in [0, 0.05) is 12.0 Å². The topological polar surface area (TPSA) is 58.6 Å². The molecule has 0 aromatic rings. The van der Waals surface area contributed by atoms with Gasteiger partial charge in [-0.05, 0) is 38.5 Å². The molecule has 2 fully saturated rings. The van der Waals surface area contributed by atoms with Crippen molar-refractivity contribution >= 4 is 11.8 Å². The van der Waals surface area contributed by atoms with Gasteiger partial charge >= 0.3 is 0 Å². The van der Waals surface area contributed by atoms with Crippen LogP contribution < -0.4 is 5.32 Å². The minimum Gasteiger partial charge on any atom is -0.353 e. The third-order valence-electron chi connectivity index (χ3n) is 5.23. The zero-order valence-corrected chi connectivity index (χ0v) is 15.2. The molecule has 1 saturated carbocycles. The van der Waals surface area contributed by atoms with Gasteiger partial charge in [0.2, 0.25) is 11.8 Å². The van der Waals surface area contributed by atoms with E-state index in [-0.39, 0.29) is 23.8 Å². The number of nitrogens with one attached hydrogen (secondary N) is 1. The lowest BCUT2D eigenvalue weighted by Gasteiger charge is -2.44. The second-order valence-electron chi connectivity index (χ2n) is 7.66. The molecule has 1 aliphatic carbocycles. The maximum absolute atomic E-state index is 12.9. The summed E-state index contributed by atoms with van der Waals surface area (Å²) in [5, 5.41) is 3.02. The Labute approximate surface area is 140 Å². The van der Waals surface area contributed by atoms with Crippen molar-refractivity contribution in [2.75, 3.05) is 6.61 Å². The Bertz CT molecular complexity index is 452. The molecule has 0 aromatic heterocycles. The van der Waals surface area contributed by atoms with E-state index in [1.54, 1.807) is 4.90 Å². The molecule has 1 spiro atoms. The number of carbonyl (C=O) groups excluding carboxylic acids is 2. The van der Waals surface area contributed by atoms with E-state index in [4.69, 9.17) is 4.74 Å². The van der Waals surface area contributed by atoms with Gasteiger partial charge in [-0.3, -0.25) is 14.5 Å². The van der Waals surface area contributed by atoms with Crippen LogP contribution in [0.15, 0.2) is 0 Å². The quantitative estimate of drug-likeness (QED) is 0.865. The van der Waals surface area contributed by atoms with Crippen LogP contribution in [0.5, 0.6) is 0 Å². The SMILES string of the molecule is CC[C@@H](C)NC(=O)[C@H]1CO[C@]2(CCC[C@H](C)C2)N1C(=O)C(C)C. The molecule has 0 radical (unpaired) electrons. The Morgan fingerprint density at radius 1 is 1.35 bits per heavy atom. The molecule has 1 N–H and O–H groups in total. The van der Waals surface area contributed by atoms with E-state index >= 15 is 0 Å². The van der Waals surface area contributed by atoms with Crippen LogP contribution in [0.3, 0.4) is 0 Å². The van der Waals surface area contributed by atoms with Crippen molar-refractivity contribution < 1.29 is 14.3 Å². The van der Waals surface area contributed by atoms with Crippen molar-refractivity contribution in [1.82, 2.24) is 10.2 Å². The first-order valence-electron chi connectivity index (χ1n) is 9.08. The van der Waals surface area contributed by atoms with Gasteiger partial charge in [-0.15, -0.1) is 0 Å². The molecule has 0 unspecified atom stereocenters. The second-order valence-corrected chi connectivity index (χ2v) is 7.66. The summed E-state index contributed by atoms with van der Waals surface area (Å²) < 4.78 is 6.13. The molecule has 1 saturated heterocycles. The van der Waals surface area contributed by atoms with Gasteiger partial charge in [0.1, 0.15) is 11.8 Å². The van der Waals surface area contributed by atoms with E-state index in [0.717, 1.165) is 25.7 Å². The Kier molecular flexibility index (Phi) is 5.71. The highest BCUT2D eigenvalue weighted by Gasteiger charge is 2.54. The Hall–Kier alpha value is -1.10. The zero-order chi connectivity index (χ0) is 17.2. The van der Waals surface area contributed by atoms with Crippen molar-refractivity contribution in [3.8, 4) is 0 Å². The average Bonchev–Trinajstić information content (AvgIpc) is 2.84. The van der Waals surface area contributed by atoms with Crippen molar-refractivity contribution in [1.29, 1.82) is 0 Å². The zero-order valence-electron chi connectivity index (χ0n) is 15.2. The summed E-state index contributed by atoms with van der Waals surface area (Å²) in [4.78, 5) is 27.3. The molecule has 132 valence electrons. The highest BCUT2D eigenvalue weighted by molar-refractivity contribution is 5.89. The number of hydrogen-bond acceptors (Lipinski definition) is 3. The highest BCUT2D eigenvalue weighted by Crippen LogP contribution is 2.43. The molecular weight excluding hydrogens is 292 g/mol. The fourth-order valence-electron chi connectivity index (χ4n) is 3.75. The van der Waals surface area contributed by atoms with Crippen molar-refractivity contribution in [2.45, 2.75) is 84.5 Å². The lowest BCUT2D eigenvalue weighted by molar-refractivity contribution is -0.165. The highest BCUT2D eigenvalue weighted by atomic mass is 16.5. The normalized spacial score (nSPS) is 32.3. The molecule has 23 heavy (non-hydrogen) atoms. The minimum absolute atomic E-state index is 0.0286. The fraction of sp³-hybridized carbons (Fsp3) is 0.889. The monoisotopic (exact) mass is 324 g/mol. The first kappa shape index (κ1) is 18.2. The summed E-state index contributed by atoms with van der Waals surface area (Å²) in [6.07, 6.45) is 4.75. The molecule has 2 aliphatic rings. The summed E-state index contributed by atoms with van der Waals surface area (Å²) in [7, 11) is 0. The predicted molar refractivity (Wildman–Crippen MR) is 89.7 cm³/mol. The van der Waals surface area contributed by atoms with Crippen LogP contribution in [0.25, 0.3) is 0 Å². The van der Waals surface area contributed by atoms with Crippen molar-refractivity contribution in [2.24, 2.45) is 11.8 Å². The van der Waals surface area contributed by atoms with Crippen LogP contribution in [0.4, 0.5) is 0 Å². The molecule has 2 amide bonds. The predicted octanol–water partition coefficient (Wildman–Crippen LogP) is 2.69. The molecule has 0 aromatic carbocycles. The van der Waals surface area contributed by atoms with Crippen LogP contribution in [0.2, 0.25) is 0 Å². The summed E-state index contributed by atoms with van der Waals surface area (Å²) in [5.74, 6) is 0.330. The third-order valence-corrected chi connectivity index (χ3v) is 5.23. The van der Waals surface area contributed by atoms with Gasteiger partial charge in [-0.1, -0.05) is 34.1 Å². The lowest BCUT2D eigenvalue weighted by Crippen LogP contribution is -2.58.